The molecule has 2 amide bonds. The van der Waals surface area contributed by atoms with E-state index >= 15 is 0 Å². The molecule has 1 aromatic carbocycles. The van der Waals surface area contributed by atoms with Crippen LogP contribution in [0.1, 0.15) is 18.9 Å². The standard InChI is InChI=1S/C15H23N3O2S/c1-4-7-17-14(19)9-18(3)15(20)10-21-13-8-11(2)5-6-12(13)16/h5-6,8H,4,7,9-10,16H2,1-3H3,(H,17,19). The summed E-state index contributed by atoms with van der Waals surface area (Å²) in [5.74, 6) is 0.0471. The van der Waals surface area contributed by atoms with Crippen LogP contribution in [0, 0.1) is 6.92 Å². The number of likely N-dealkylation sites (N-methyl/N-ethyl adjacent to an activating group) is 1. The number of benzene rings is 1. The molecule has 21 heavy (non-hydrogen) atoms. The van der Waals surface area contributed by atoms with Crippen molar-refractivity contribution in [3.8, 4) is 0 Å². The summed E-state index contributed by atoms with van der Waals surface area (Å²) in [7, 11) is 1.63. The lowest BCUT2D eigenvalue weighted by Crippen LogP contribution is -2.39. The number of rotatable bonds is 7. The summed E-state index contributed by atoms with van der Waals surface area (Å²) >= 11 is 1.39. The Bertz CT molecular complexity index is 506. The molecule has 5 nitrogen and oxygen atoms in total. The SMILES string of the molecule is CCCNC(=O)CN(C)C(=O)CSc1cc(C)ccc1N. The molecule has 0 unspecified atom stereocenters. The van der Waals surface area contributed by atoms with Gasteiger partial charge in [-0.15, -0.1) is 11.8 Å². The largest absolute Gasteiger partial charge is 0.398 e. The van der Waals surface area contributed by atoms with Gasteiger partial charge in [-0.1, -0.05) is 13.0 Å². The first kappa shape index (κ1) is 17.4. The van der Waals surface area contributed by atoms with Crippen LogP contribution < -0.4 is 11.1 Å². The smallest absolute Gasteiger partial charge is 0.239 e. The number of carbonyl (C=O) groups excluding carboxylic acids is 2. The van der Waals surface area contributed by atoms with E-state index in [-0.39, 0.29) is 24.1 Å². The Morgan fingerprint density at radius 2 is 2.10 bits per heavy atom. The maximum absolute atomic E-state index is 12.0. The van der Waals surface area contributed by atoms with Gasteiger partial charge in [0.05, 0.1) is 12.3 Å². The maximum atomic E-state index is 12.0. The van der Waals surface area contributed by atoms with Gasteiger partial charge in [-0.05, 0) is 31.0 Å². The van der Waals surface area contributed by atoms with Crippen molar-refractivity contribution >= 4 is 29.3 Å². The van der Waals surface area contributed by atoms with Gasteiger partial charge in [-0.25, -0.2) is 0 Å². The van der Waals surface area contributed by atoms with Gasteiger partial charge in [0.1, 0.15) is 0 Å². The predicted octanol–water partition coefficient (Wildman–Crippen LogP) is 1.65. The molecule has 0 aliphatic heterocycles. The summed E-state index contributed by atoms with van der Waals surface area (Å²) in [5.41, 5.74) is 7.65. The third kappa shape index (κ3) is 6.08. The third-order valence-corrected chi connectivity index (χ3v) is 3.95. The maximum Gasteiger partial charge on any atom is 0.239 e. The van der Waals surface area contributed by atoms with E-state index in [1.807, 2.05) is 32.0 Å². The van der Waals surface area contributed by atoms with Crippen molar-refractivity contribution in [2.45, 2.75) is 25.2 Å². The highest BCUT2D eigenvalue weighted by molar-refractivity contribution is 8.00. The monoisotopic (exact) mass is 309 g/mol. The second kappa shape index (κ2) is 8.56. The van der Waals surface area contributed by atoms with E-state index in [1.165, 1.54) is 16.7 Å². The second-order valence-corrected chi connectivity index (χ2v) is 5.95. The van der Waals surface area contributed by atoms with Gasteiger partial charge >= 0.3 is 0 Å². The Morgan fingerprint density at radius 1 is 1.38 bits per heavy atom. The highest BCUT2D eigenvalue weighted by Gasteiger charge is 2.13. The summed E-state index contributed by atoms with van der Waals surface area (Å²) in [6.45, 7) is 4.69. The van der Waals surface area contributed by atoms with Gasteiger partial charge in [0.25, 0.3) is 0 Å². The van der Waals surface area contributed by atoms with Crippen molar-refractivity contribution in [1.82, 2.24) is 10.2 Å². The lowest BCUT2D eigenvalue weighted by atomic mass is 10.2. The number of aryl methyl sites for hydroxylation is 1. The molecule has 0 aliphatic rings. The zero-order chi connectivity index (χ0) is 15.8. The molecule has 0 radical (unpaired) electrons. The average Bonchev–Trinajstić information content (AvgIpc) is 2.45. The molecule has 3 N–H and O–H groups in total. The van der Waals surface area contributed by atoms with Crippen molar-refractivity contribution in [2.75, 3.05) is 31.6 Å². The number of anilines is 1. The Morgan fingerprint density at radius 3 is 2.76 bits per heavy atom. The van der Waals surface area contributed by atoms with Gasteiger partial charge in [0.2, 0.25) is 11.8 Å². The Labute approximate surface area is 130 Å². The van der Waals surface area contributed by atoms with Crippen LogP contribution in [-0.2, 0) is 9.59 Å². The van der Waals surface area contributed by atoms with E-state index in [0.29, 0.717) is 12.2 Å². The normalized spacial score (nSPS) is 10.2. The molecule has 0 spiro atoms. The van der Waals surface area contributed by atoms with Crippen LogP contribution in [0.15, 0.2) is 23.1 Å². The minimum atomic E-state index is -0.132. The van der Waals surface area contributed by atoms with Crippen LogP contribution >= 0.6 is 11.8 Å². The van der Waals surface area contributed by atoms with Crippen LogP contribution in [0.3, 0.4) is 0 Å². The number of nitrogens with two attached hydrogens (primary N) is 1. The average molecular weight is 309 g/mol. The predicted molar refractivity (Wildman–Crippen MR) is 87.3 cm³/mol. The number of nitrogen functional groups attached to an aromatic ring is 1. The molecule has 0 fully saturated rings. The number of thioether (sulfide) groups is 1. The number of hydrogen-bond donors (Lipinski definition) is 2. The minimum absolute atomic E-state index is 0.0860. The molecular formula is C15H23N3O2S. The number of nitrogens with zero attached hydrogens (tertiary/aromatic N) is 1. The van der Waals surface area contributed by atoms with Gasteiger partial charge < -0.3 is 16.0 Å². The van der Waals surface area contributed by atoms with Gasteiger partial charge in [-0.2, -0.15) is 0 Å². The van der Waals surface area contributed by atoms with Crippen LogP contribution in [0.5, 0.6) is 0 Å². The molecular weight excluding hydrogens is 286 g/mol. The van der Waals surface area contributed by atoms with Crippen LogP contribution in [0.4, 0.5) is 5.69 Å². The van der Waals surface area contributed by atoms with Crippen molar-refractivity contribution in [1.29, 1.82) is 0 Å². The number of hydrogen-bond acceptors (Lipinski definition) is 4. The molecule has 6 heteroatoms. The minimum Gasteiger partial charge on any atom is -0.398 e. The summed E-state index contributed by atoms with van der Waals surface area (Å²) < 4.78 is 0. The zero-order valence-corrected chi connectivity index (χ0v) is 13.6. The quantitative estimate of drug-likeness (QED) is 0.593. The molecule has 1 aromatic rings. The second-order valence-electron chi connectivity index (χ2n) is 4.93. The fourth-order valence-corrected chi connectivity index (χ4v) is 2.64. The molecule has 0 heterocycles. The van der Waals surface area contributed by atoms with Gasteiger partial charge in [-0.3, -0.25) is 9.59 Å². The number of amides is 2. The lowest BCUT2D eigenvalue weighted by molar-refractivity contribution is -0.132. The lowest BCUT2D eigenvalue weighted by Gasteiger charge is -2.16. The first-order valence-corrected chi connectivity index (χ1v) is 7.92. The fourth-order valence-electron chi connectivity index (χ4n) is 1.64. The van der Waals surface area contributed by atoms with E-state index in [9.17, 15) is 9.59 Å². The van der Waals surface area contributed by atoms with E-state index in [2.05, 4.69) is 5.32 Å². The van der Waals surface area contributed by atoms with Gasteiger partial charge in [0, 0.05) is 24.2 Å². The summed E-state index contributed by atoms with van der Waals surface area (Å²) in [5, 5.41) is 2.75. The third-order valence-electron chi connectivity index (χ3n) is 2.90. The molecule has 0 saturated heterocycles. The van der Waals surface area contributed by atoms with Crippen molar-refractivity contribution in [3.05, 3.63) is 23.8 Å². The summed E-state index contributed by atoms with van der Waals surface area (Å²) in [6.07, 6.45) is 0.881. The Balaban J connectivity index is 2.45. The topological polar surface area (TPSA) is 75.4 Å². The molecule has 0 bridgehead atoms. The van der Waals surface area contributed by atoms with Crippen LogP contribution in [0.25, 0.3) is 0 Å². The Hall–Kier alpha value is -1.69. The highest BCUT2D eigenvalue weighted by Crippen LogP contribution is 2.26. The van der Waals surface area contributed by atoms with E-state index in [4.69, 9.17) is 5.73 Å². The Kier molecular flexibility index (Phi) is 7.08. The van der Waals surface area contributed by atoms with Crippen molar-refractivity contribution < 1.29 is 9.59 Å². The molecule has 0 aromatic heterocycles. The molecule has 0 saturated carbocycles. The summed E-state index contributed by atoms with van der Waals surface area (Å²) in [4.78, 5) is 25.9. The summed E-state index contributed by atoms with van der Waals surface area (Å²) in [6, 6.07) is 5.73. The van der Waals surface area contributed by atoms with Crippen LogP contribution in [-0.4, -0.2) is 42.6 Å². The zero-order valence-electron chi connectivity index (χ0n) is 12.8. The first-order valence-electron chi connectivity index (χ1n) is 6.93. The molecule has 0 aliphatic carbocycles. The van der Waals surface area contributed by atoms with Crippen molar-refractivity contribution in [2.24, 2.45) is 0 Å². The fraction of sp³-hybridized carbons (Fsp3) is 0.467. The number of nitrogens with one attached hydrogen (secondary N) is 1. The molecule has 116 valence electrons. The van der Waals surface area contributed by atoms with Gasteiger partial charge in [0.15, 0.2) is 0 Å². The van der Waals surface area contributed by atoms with Crippen molar-refractivity contribution in [3.63, 3.8) is 0 Å². The molecule has 0 atom stereocenters. The van der Waals surface area contributed by atoms with E-state index in [1.54, 1.807) is 7.05 Å². The van der Waals surface area contributed by atoms with E-state index < -0.39 is 0 Å². The number of carbonyl (C=O) groups is 2. The first-order chi connectivity index (χ1) is 9.93. The van der Waals surface area contributed by atoms with E-state index in [0.717, 1.165) is 16.9 Å². The highest BCUT2D eigenvalue weighted by atomic mass is 32.2. The molecule has 1 rings (SSSR count). The van der Waals surface area contributed by atoms with Crippen LogP contribution in [0.2, 0.25) is 0 Å².